The molecule has 1 N–H and O–H groups in total. The van der Waals surface area contributed by atoms with Crippen LogP contribution in [0.25, 0.3) is 10.2 Å². The number of hydrogen-bond acceptors (Lipinski definition) is 2. The van der Waals surface area contributed by atoms with Gasteiger partial charge in [0.2, 0.25) is 0 Å². The fourth-order valence-corrected chi connectivity index (χ4v) is 3.61. The number of nitrogens with one attached hydrogen (secondary N) is 1. The molecule has 0 bridgehead atoms. The summed E-state index contributed by atoms with van der Waals surface area (Å²) in [6.45, 7) is 0.401. The molecular formula is C15H12Cl2N2OS. The molecule has 0 atom stereocenters. The predicted octanol–water partition coefficient (Wildman–Crippen LogP) is 4.48. The van der Waals surface area contributed by atoms with Crippen molar-refractivity contribution in [1.82, 2.24) is 9.88 Å². The maximum Gasteiger partial charge on any atom is 0.268 e. The Hall–Kier alpha value is -1.49. The van der Waals surface area contributed by atoms with Gasteiger partial charge < -0.3 is 9.88 Å². The Morgan fingerprint density at radius 3 is 2.76 bits per heavy atom. The van der Waals surface area contributed by atoms with Crippen LogP contribution < -0.4 is 5.32 Å². The molecule has 3 aromatic rings. The molecule has 0 unspecified atom stereocenters. The number of thiophene rings is 1. The number of halogens is 2. The average Bonchev–Trinajstić information content (AvgIpc) is 2.96. The Bertz CT molecular complexity index is 822. The van der Waals surface area contributed by atoms with E-state index in [2.05, 4.69) is 5.32 Å². The van der Waals surface area contributed by atoms with Crippen molar-refractivity contribution in [2.75, 3.05) is 0 Å². The molecule has 0 aliphatic heterocycles. The fourth-order valence-electron chi connectivity index (χ4n) is 2.21. The van der Waals surface area contributed by atoms with Gasteiger partial charge >= 0.3 is 0 Å². The standard InChI is InChI=1S/C15H12Cl2N2OS/c1-19-11-7-14(17)21-13(11)6-12(19)15(20)18-8-9-4-2-3-5-10(9)16/h2-7H,8H2,1H3,(H,18,20). The number of aryl methyl sites for hydroxylation is 1. The third-order valence-electron chi connectivity index (χ3n) is 3.33. The zero-order valence-electron chi connectivity index (χ0n) is 11.2. The topological polar surface area (TPSA) is 34.0 Å². The zero-order valence-corrected chi connectivity index (χ0v) is 13.5. The number of benzene rings is 1. The zero-order chi connectivity index (χ0) is 15.0. The van der Waals surface area contributed by atoms with Gasteiger partial charge in [0.1, 0.15) is 5.69 Å². The van der Waals surface area contributed by atoms with Crippen molar-refractivity contribution in [3.8, 4) is 0 Å². The molecule has 0 spiro atoms. The molecule has 21 heavy (non-hydrogen) atoms. The quantitative estimate of drug-likeness (QED) is 0.750. The Balaban J connectivity index is 1.79. The molecule has 2 aromatic heterocycles. The highest BCUT2D eigenvalue weighted by atomic mass is 35.5. The lowest BCUT2D eigenvalue weighted by Gasteiger charge is -2.07. The number of aromatic nitrogens is 1. The number of carbonyl (C=O) groups excluding carboxylic acids is 1. The Morgan fingerprint density at radius 2 is 2.05 bits per heavy atom. The first-order valence-electron chi connectivity index (χ1n) is 6.32. The molecule has 108 valence electrons. The molecule has 0 saturated carbocycles. The van der Waals surface area contributed by atoms with Crippen LogP contribution in [-0.2, 0) is 13.6 Å². The minimum atomic E-state index is -0.128. The lowest BCUT2D eigenvalue weighted by atomic mass is 10.2. The van der Waals surface area contributed by atoms with E-state index in [1.807, 2.05) is 48.0 Å². The van der Waals surface area contributed by atoms with Crippen molar-refractivity contribution in [2.45, 2.75) is 6.54 Å². The molecule has 3 nitrogen and oxygen atoms in total. The highest BCUT2D eigenvalue weighted by Gasteiger charge is 2.15. The van der Waals surface area contributed by atoms with Gasteiger partial charge in [0.25, 0.3) is 5.91 Å². The molecule has 6 heteroatoms. The number of nitrogens with zero attached hydrogens (tertiary/aromatic N) is 1. The maximum atomic E-state index is 12.3. The third kappa shape index (κ3) is 2.79. The molecule has 2 heterocycles. The molecular weight excluding hydrogens is 327 g/mol. The highest BCUT2D eigenvalue weighted by Crippen LogP contribution is 2.31. The summed E-state index contributed by atoms with van der Waals surface area (Å²) in [5, 5.41) is 3.54. The summed E-state index contributed by atoms with van der Waals surface area (Å²) >= 11 is 13.5. The monoisotopic (exact) mass is 338 g/mol. The largest absolute Gasteiger partial charge is 0.347 e. The molecule has 0 fully saturated rings. The third-order valence-corrected chi connectivity index (χ3v) is 4.90. The maximum absolute atomic E-state index is 12.3. The molecule has 1 amide bonds. The molecule has 0 radical (unpaired) electrons. The van der Waals surface area contributed by atoms with E-state index in [-0.39, 0.29) is 5.91 Å². The van der Waals surface area contributed by atoms with Crippen molar-refractivity contribution < 1.29 is 4.79 Å². The fraction of sp³-hybridized carbons (Fsp3) is 0.133. The number of amides is 1. The van der Waals surface area contributed by atoms with Gasteiger partial charge in [-0.25, -0.2) is 0 Å². The van der Waals surface area contributed by atoms with Crippen molar-refractivity contribution in [3.05, 3.63) is 57.0 Å². The minimum absolute atomic E-state index is 0.128. The van der Waals surface area contributed by atoms with Gasteiger partial charge in [0, 0.05) is 18.6 Å². The number of carbonyl (C=O) groups is 1. The lowest BCUT2D eigenvalue weighted by Crippen LogP contribution is -2.24. The van der Waals surface area contributed by atoms with Crippen LogP contribution in [0.1, 0.15) is 16.1 Å². The Labute approximate surface area is 136 Å². The van der Waals surface area contributed by atoms with Gasteiger partial charge in [-0.3, -0.25) is 4.79 Å². The number of rotatable bonds is 3. The summed E-state index contributed by atoms with van der Waals surface area (Å²) in [4.78, 5) is 12.3. The van der Waals surface area contributed by atoms with Crippen LogP contribution in [0.5, 0.6) is 0 Å². The van der Waals surface area contributed by atoms with E-state index >= 15 is 0 Å². The van der Waals surface area contributed by atoms with Gasteiger partial charge in [-0.15, -0.1) is 11.3 Å². The van der Waals surface area contributed by atoms with Crippen LogP contribution in [0.4, 0.5) is 0 Å². The minimum Gasteiger partial charge on any atom is -0.347 e. The van der Waals surface area contributed by atoms with Gasteiger partial charge in [-0.1, -0.05) is 41.4 Å². The normalized spacial score (nSPS) is 11.0. The van der Waals surface area contributed by atoms with Gasteiger partial charge in [0.15, 0.2) is 0 Å². The first-order chi connectivity index (χ1) is 10.1. The number of hydrogen-bond donors (Lipinski definition) is 1. The smallest absolute Gasteiger partial charge is 0.268 e. The van der Waals surface area contributed by atoms with Crippen LogP contribution in [0.15, 0.2) is 36.4 Å². The summed E-state index contributed by atoms with van der Waals surface area (Å²) < 4.78 is 3.57. The molecule has 1 aromatic carbocycles. The van der Waals surface area contributed by atoms with Crippen LogP contribution in [0, 0.1) is 0 Å². The van der Waals surface area contributed by atoms with Crippen molar-refractivity contribution >= 4 is 50.7 Å². The summed E-state index contributed by atoms with van der Waals surface area (Å²) in [5.74, 6) is -0.128. The van der Waals surface area contributed by atoms with Crippen molar-refractivity contribution in [3.63, 3.8) is 0 Å². The van der Waals surface area contributed by atoms with E-state index in [9.17, 15) is 4.79 Å². The first-order valence-corrected chi connectivity index (χ1v) is 7.90. The van der Waals surface area contributed by atoms with E-state index in [4.69, 9.17) is 23.2 Å². The van der Waals surface area contributed by atoms with Crippen molar-refractivity contribution in [2.24, 2.45) is 7.05 Å². The summed E-state index contributed by atoms with van der Waals surface area (Å²) in [6.07, 6.45) is 0. The second-order valence-corrected chi connectivity index (χ2v) is 6.78. The van der Waals surface area contributed by atoms with E-state index in [1.165, 1.54) is 11.3 Å². The van der Waals surface area contributed by atoms with Crippen LogP contribution in [0.2, 0.25) is 9.36 Å². The van der Waals surface area contributed by atoms with Crippen LogP contribution >= 0.6 is 34.5 Å². The first kappa shape index (κ1) is 14.4. The second kappa shape index (κ2) is 5.72. The van der Waals surface area contributed by atoms with Gasteiger partial charge in [-0.2, -0.15) is 0 Å². The molecule has 0 aliphatic rings. The SMILES string of the molecule is Cn1c(C(=O)NCc2ccccc2Cl)cc2sc(Cl)cc21. The Morgan fingerprint density at radius 1 is 1.29 bits per heavy atom. The molecule has 0 saturated heterocycles. The predicted molar refractivity (Wildman–Crippen MR) is 88.4 cm³/mol. The summed E-state index contributed by atoms with van der Waals surface area (Å²) in [6, 6.07) is 11.2. The van der Waals surface area contributed by atoms with Gasteiger partial charge in [-0.05, 0) is 23.8 Å². The van der Waals surface area contributed by atoms with Crippen LogP contribution in [0.3, 0.4) is 0 Å². The molecule has 3 rings (SSSR count). The summed E-state index contributed by atoms with van der Waals surface area (Å²) in [5.41, 5.74) is 2.47. The average molecular weight is 339 g/mol. The second-order valence-electron chi connectivity index (χ2n) is 4.66. The van der Waals surface area contributed by atoms with E-state index in [1.54, 1.807) is 0 Å². The molecule has 0 aliphatic carbocycles. The van der Waals surface area contributed by atoms with E-state index < -0.39 is 0 Å². The van der Waals surface area contributed by atoms with E-state index in [0.717, 1.165) is 20.1 Å². The van der Waals surface area contributed by atoms with E-state index in [0.29, 0.717) is 17.3 Å². The highest BCUT2D eigenvalue weighted by molar-refractivity contribution is 7.22. The van der Waals surface area contributed by atoms with Crippen LogP contribution in [-0.4, -0.2) is 10.5 Å². The summed E-state index contributed by atoms with van der Waals surface area (Å²) in [7, 11) is 1.86. The Kier molecular flexibility index (Phi) is 3.93. The number of fused-ring (bicyclic) bond motifs is 1. The lowest BCUT2D eigenvalue weighted by molar-refractivity contribution is 0.0943. The van der Waals surface area contributed by atoms with Crippen molar-refractivity contribution in [1.29, 1.82) is 0 Å². The van der Waals surface area contributed by atoms with Gasteiger partial charge in [0.05, 0.1) is 14.6 Å².